The van der Waals surface area contributed by atoms with Gasteiger partial charge >= 0.3 is 0 Å². The van der Waals surface area contributed by atoms with E-state index in [1.54, 1.807) is 33.5 Å². The van der Waals surface area contributed by atoms with E-state index in [-0.39, 0.29) is 17.6 Å². The highest BCUT2D eigenvalue weighted by Gasteiger charge is 2.36. The molecule has 8 nitrogen and oxygen atoms in total. The maximum Gasteiger partial charge on any atom is 0.292 e. The topological polar surface area (TPSA) is 83.7 Å². The first-order chi connectivity index (χ1) is 10.5. The minimum atomic E-state index is -0.447. The van der Waals surface area contributed by atoms with Crippen LogP contribution in [0.15, 0.2) is 12.3 Å². The number of amides is 2. The Bertz CT molecular complexity index is 740. The molecule has 1 fully saturated rings. The number of aryl methyl sites for hydroxylation is 1. The summed E-state index contributed by atoms with van der Waals surface area (Å²) >= 11 is 0. The van der Waals surface area contributed by atoms with Gasteiger partial charge in [-0.1, -0.05) is 6.92 Å². The van der Waals surface area contributed by atoms with Crippen LogP contribution in [-0.2, 0) is 4.79 Å². The van der Waals surface area contributed by atoms with Crippen molar-refractivity contribution in [2.75, 3.05) is 20.1 Å². The third kappa shape index (κ3) is 2.20. The molecule has 0 saturated carbocycles. The van der Waals surface area contributed by atoms with Crippen molar-refractivity contribution in [1.29, 1.82) is 0 Å². The quantitative estimate of drug-likeness (QED) is 0.787. The van der Waals surface area contributed by atoms with Crippen molar-refractivity contribution in [1.82, 2.24) is 29.4 Å². The number of rotatable bonds is 2. The first-order valence-corrected chi connectivity index (χ1v) is 7.27. The second-order valence-corrected chi connectivity index (χ2v) is 5.44. The van der Waals surface area contributed by atoms with Gasteiger partial charge in [0.2, 0.25) is 11.7 Å². The summed E-state index contributed by atoms with van der Waals surface area (Å²) in [6, 6.07) is 1.34. The number of piperazine rings is 1. The predicted octanol–water partition coefficient (Wildman–Crippen LogP) is 0.126. The summed E-state index contributed by atoms with van der Waals surface area (Å²) in [5.74, 6) is 0.256. The molecule has 0 bridgehead atoms. The first kappa shape index (κ1) is 14.4. The fourth-order valence-corrected chi connectivity index (χ4v) is 2.70. The van der Waals surface area contributed by atoms with Gasteiger partial charge < -0.3 is 9.80 Å². The molecule has 0 aliphatic carbocycles. The number of carbonyl (C=O) groups is 2. The molecule has 2 aromatic heterocycles. The van der Waals surface area contributed by atoms with E-state index in [1.807, 2.05) is 13.8 Å². The summed E-state index contributed by atoms with van der Waals surface area (Å²) in [6.45, 7) is 4.76. The van der Waals surface area contributed by atoms with Crippen molar-refractivity contribution in [3.8, 4) is 0 Å². The highest BCUT2D eigenvalue weighted by molar-refractivity contribution is 5.96. The highest BCUT2D eigenvalue weighted by Crippen LogP contribution is 2.16. The van der Waals surface area contributed by atoms with Crippen molar-refractivity contribution in [3.05, 3.63) is 23.8 Å². The van der Waals surface area contributed by atoms with Gasteiger partial charge in [0, 0.05) is 32.0 Å². The van der Waals surface area contributed by atoms with Crippen LogP contribution in [0.5, 0.6) is 0 Å². The molecule has 2 amide bonds. The largest absolute Gasteiger partial charge is 0.342 e. The molecule has 8 heteroatoms. The number of hydrogen-bond donors (Lipinski definition) is 0. The third-order valence-electron chi connectivity index (χ3n) is 3.97. The van der Waals surface area contributed by atoms with Crippen molar-refractivity contribution in [2.24, 2.45) is 0 Å². The van der Waals surface area contributed by atoms with Crippen LogP contribution in [0.1, 0.15) is 29.7 Å². The molecule has 0 spiro atoms. The van der Waals surface area contributed by atoms with Crippen LogP contribution in [0.3, 0.4) is 0 Å². The average Bonchev–Trinajstić information content (AvgIpc) is 2.92. The summed E-state index contributed by atoms with van der Waals surface area (Å²) in [6.07, 6.45) is 2.30. The number of nitrogens with zero attached hydrogens (tertiary/aromatic N) is 6. The van der Waals surface area contributed by atoms with Crippen LogP contribution in [0, 0.1) is 6.92 Å². The molecule has 0 unspecified atom stereocenters. The Hall–Kier alpha value is -2.51. The number of fused-ring (bicyclic) bond motifs is 1. The lowest BCUT2D eigenvalue weighted by Crippen LogP contribution is -2.57. The fraction of sp³-hybridized carbons (Fsp3) is 0.500. The zero-order valence-corrected chi connectivity index (χ0v) is 12.9. The van der Waals surface area contributed by atoms with Gasteiger partial charge in [-0.2, -0.15) is 0 Å². The summed E-state index contributed by atoms with van der Waals surface area (Å²) in [5, 5.41) is 7.90. The highest BCUT2D eigenvalue weighted by atomic mass is 16.2. The molecule has 3 rings (SSSR count). The smallest absolute Gasteiger partial charge is 0.292 e. The molecule has 1 atom stereocenters. The van der Waals surface area contributed by atoms with Crippen LogP contribution < -0.4 is 0 Å². The molecule has 0 aromatic carbocycles. The summed E-state index contributed by atoms with van der Waals surface area (Å²) in [4.78, 5) is 32.5. The Morgan fingerprint density at radius 1 is 1.36 bits per heavy atom. The van der Waals surface area contributed by atoms with Gasteiger partial charge in [0.1, 0.15) is 6.04 Å². The SMILES string of the molecule is CC[C@@H]1C(=O)N(C)CCN1C(=O)c1nnc2nc(C)ccn12. The summed E-state index contributed by atoms with van der Waals surface area (Å²) in [7, 11) is 1.76. The van der Waals surface area contributed by atoms with E-state index in [4.69, 9.17) is 0 Å². The summed E-state index contributed by atoms with van der Waals surface area (Å²) in [5.41, 5.74) is 0.806. The molecule has 2 aromatic rings. The number of hydrogen-bond acceptors (Lipinski definition) is 5. The van der Waals surface area contributed by atoms with Crippen LogP contribution >= 0.6 is 0 Å². The van der Waals surface area contributed by atoms with Crippen LogP contribution in [0.2, 0.25) is 0 Å². The molecule has 116 valence electrons. The van der Waals surface area contributed by atoms with E-state index in [0.717, 1.165) is 5.69 Å². The van der Waals surface area contributed by atoms with E-state index in [2.05, 4.69) is 15.2 Å². The van der Waals surface area contributed by atoms with Crippen molar-refractivity contribution in [2.45, 2.75) is 26.3 Å². The lowest BCUT2D eigenvalue weighted by Gasteiger charge is -2.38. The maximum atomic E-state index is 12.8. The van der Waals surface area contributed by atoms with Crippen LogP contribution in [0.4, 0.5) is 0 Å². The second kappa shape index (κ2) is 5.36. The van der Waals surface area contributed by atoms with Crippen LogP contribution in [0.25, 0.3) is 5.78 Å². The van der Waals surface area contributed by atoms with Crippen molar-refractivity contribution >= 4 is 17.6 Å². The monoisotopic (exact) mass is 302 g/mol. The molecule has 1 aliphatic heterocycles. The zero-order chi connectivity index (χ0) is 15.9. The third-order valence-corrected chi connectivity index (χ3v) is 3.97. The normalized spacial score (nSPS) is 19.0. The Balaban J connectivity index is 1.96. The molecule has 22 heavy (non-hydrogen) atoms. The maximum absolute atomic E-state index is 12.8. The minimum Gasteiger partial charge on any atom is -0.342 e. The van der Waals surface area contributed by atoms with Gasteiger partial charge in [0.15, 0.2) is 0 Å². The Labute approximate surface area is 127 Å². The van der Waals surface area contributed by atoms with E-state index in [1.165, 1.54) is 0 Å². The van der Waals surface area contributed by atoms with Gasteiger partial charge in [0.05, 0.1) is 0 Å². The van der Waals surface area contributed by atoms with Gasteiger partial charge in [-0.3, -0.25) is 14.0 Å². The number of likely N-dealkylation sites (N-methyl/N-ethyl adjacent to an activating group) is 1. The van der Waals surface area contributed by atoms with Crippen molar-refractivity contribution < 1.29 is 9.59 Å². The number of aromatic nitrogens is 4. The van der Waals surface area contributed by atoms with E-state index in [0.29, 0.717) is 25.3 Å². The first-order valence-electron chi connectivity index (χ1n) is 7.27. The fourth-order valence-electron chi connectivity index (χ4n) is 2.70. The minimum absolute atomic E-state index is 0.0371. The van der Waals surface area contributed by atoms with Crippen LogP contribution in [-0.4, -0.2) is 67.4 Å². The average molecular weight is 302 g/mol. The standard InChI is InChI=1S/C14H18N6O2/c1-4-10-12(21)18(3)7-8-19(10)13(22)11-16-17-14-15-9(2)5-6-20(11)14/h5-6,10H,4,7-8H2,1-3H3/t10-/m1/s1. The molecule has 3 heterocycles. The lowest BCUT2D eigenvalue weighted by atomic mass is 10.1. The lowest BCUT2D eigenvalue weighted by molar-refractivity contribution is -0.138. The summed E-state index contributed by atoms with van der Waals surface area (Å²) < 4.78 is 1.56. The zero-order valence-electron chi connectivity index (χ0n) is 12.9. The Morgan fingerprint density at radius 3 is 2.86 bits per heavy atom. The van der Waals surface area contributed by atoms with Crippen molar-refractivity contribution in [3.63, 3.8) is 0 Å². The second-order valence-electron chi connectivity index (χ2n) is 5.44. The Kier molecular flexibility index (Phi) is 3.51. The van der Waals surface area contributed by atoms with Gasteiger partial charge in [-0.25, -0.2) is 4.98 Å². The predicted molar refractivity (Wildman–Crippen MR) is 78.3 cm³/mol. The molecule has 1 saturated heterocycles. The van der Waals surface area contributed by atoms with E-state index < -0.39 is 6.04 Å². The van der Waals surface area contributed by atoms with E-state index in [9.17, 15) is 9.59 Å². The Morgan fingerprint density at radius 2 is 2.14 bits per heavy atom. The molecule has 0 N–H and O–H groups in total. The molecule has 1 aliphatic rings. The number of carbonyl (C=O) groups excluding carboxylic acids is 2. The molecular weight excluding hydrogens is 284 g/mol. The molecule has 0 radical (unpaired) electrons. The van der Waals surface area contributed by atoms with Gasteiger partial charge in [0.25, 0.3) is 11.7 Å². The van der Waals surface area contributed by atoms with E-state index >= 15 is 0 Å². The van der Waals surface area contributed by atoms with Gasteiger partial charge in [-0.05, 0) is 19.4 Å². The molecular formula is C14H18N6O2. The van der Waals surface area contributed by atoms with Gasteiger partial charge in [-0.15, -0.1) is 10.2 Å².